The Morgan fingerprint density at radius 2 is 1.80 bits per heavy atom. The monoisotopic (exact) mass is 284 g/mol. The predicted octanol–water partition coefficient (Wildman–Crippen LogP) is 2.56. The van der Waals surface area contributed by atoms with Gasteiger partial charge in [0.2, 0.25) is 0 Å². The van der Waals surface area contributed by atoms with Crippen LogP contribution in [0.4, 0.5) is 4.79 Å². The lowest BCUT2D eigenvalue weighted by atomic mass is 9.69. The van der Waals surface area contributed by atoms with Gasteiger partial charge in [0.05, 0.1) is 5.41 Å². The fourth-order valence-corrected chi connectivity index (χ4v) is 1.98. The van der Waals surface area contributed by atoms with Crippen LogP contribution in [-0.4, -0.2) is 41.6 Å². The second-order valence-corrected chi connectivity index (χ2v) is 7.83. The summed E-state index contributed by atoms with van der Waals surface area (Å²) in [5, 5.41) is 12.1. The standard InChI is InChI=1S/C15H28N2O3/c1-13(2,3)14(4,5)9-16-12(20)17-8-7-15(6,10-17)11(18)19/h7-10H2,1-6H3,(H,16,20)(H,18,19). The second kappa shape index (κ2) is 5.26. The number of rotatable bonds is 3. The molecular weight excluding hydrogens is 256 g/mol. The number of aliphatic carboxylic acids is 1. The Bertz CT molecular complexity index is 398. The highest BCUT2D eigenvalue weighted by atomic mass is 16.4. The molecule has 0 aromatic heterocycles. The predicted molar refractivity (Wildman–Crippen MR) is 78.6 cm³/mol. The highest BCUT2D eigenvalue weighted by Gasteiger charge is 2.42. The molecule has 1 heterocycles. The first kappa shape index (κ1) is 16.8. The summed E-state index contributed by atoms with van der Waals surface area (Å²) in [6.07, 6.45) is 0.512. The Morgan fingerprint density at radius 3 is 2.20 bits per heavy atom. The smallest absolute Gasteiger partial charge is 0.317 e. The maximum Gasteiger partial charge on any atom is 0.317 e. The summed E-state index contributed by atoms with van der Waals surface area (Å²) < 4.78 is 0. The van der Waals surface area contributed by atoms with E-state index in [0.29, 0.717) is 19.5 Å². The van der Waals surface area contributed by atoms with Crippen LogP contribution in [-0.2, 0) is 4.79 Å². The molecular formula is C15H28N2O3. The molecule has 1 rings (SSSR count). The van der Waals surface area contributed by atoms with Crippen LogP contribution < -0.4 is 5.32 Å². The minimum Gasteiger partial charge on any atom is -0.481 e. The lowest BCUT2D eigenvalue weighted by Gasteiger charge is -2.39. The summed E-state index contributed by atoms with van der Waals surface area (Å²) in [7, 11) is 0. The quantitative estimate of drug-likeness (QED) is 0.837. The van der Waals surface area contributed by atoms with Gasteiger partial charge >= 0.3 is 12.0 Å². The van der Waals surface area contributed by atoms with E-state index in [4.69, 9.17) is 0 Å². The summed E-state index contributed by atoms with van der Waals surface area (Å²) in [6.45, 7) is 13.8. The van der Waals surface area contributed by atoms with Crippen molar-refractivity contribution in [2.45, 2.75) is 48.0 Å². The summed E-state index contributed by atoms with van der Waals surface area (Å²) in [5.74, 6) is -0.831. The Hall–Kier alpha value is -1.26. The Kier molecular flexibility index (Phi) is 4.42. The molecule has 0 spiro atoms. The van der Waals surface area contributed by atoms with Crippen molar-refractivity contribution in [3.63, 3.8) is 0 Å². The van der Waals surface area contributed by atoms with E-state index in [9.17, 15) is 14.7 Å². The SMILES string of the molecule is CC1(C(=O)O)CCN(C(=O)NCC(C)(C)C(C)(C)C)C1. The molecule has 0 bridgehead atoms. The molecule has 2 amide bonds. The molecule has 1 fully saturated rings. The number of hydrogen-bond acceptors (Lipinski definition) is 2. The van der Waals surface area contributed by atoms with E-state index in [-0.39, 0.29) is 23.4 Å². The molecule has 1 aliphatic rings. The molecule has 20 heavy (non-hydrogen) atoms. The van der Waals surface area contributed by atoms with Gasteiger partial charge in [0.1, 0.15) is 0 Å². The number of amides is 2. The molecule has 0 aromatic carbocycles. The van der Waals surface area contributed by atoms with Crippen molar-refractivity contribution in [2.75, 3.05) is 19.6 Å². The topological polar surface area (TPSA) is 69.6 Å². The van der Waals surface area contributed by atoms with Crippen LogP contribution in [0, 0.1) is 16.2 Å². The molecule has 116 valence electrons. The van der Waals surface area contributed by atoms with Crippen molar-refractivity contribution in [3.8, 4) is 0 Å². The van der Waals surface area contributed by atoms with Gasteiger partial charge in [0, 0.05) is 19.6 Å². The third-order valence-corrected chi connectivity index (χ3v) is 4.99. The van der Waals surface area contributed by atoms with Crippen molar-refractivity contribution in [1.29, 1.82) is 0 Å². The number of urea groups is 1. The molecule has 0 saturated carbocycles. The molecule has 1 saturated heterocycles. The Morgan fingerprint density at radius 1 is 1.25 bits per heavy atom. The van der Waals surface area contributed by atoms with Crippen LogP contribution in [0.2, 0.25) is 0 Å². The number of carboxylic acids is 1. The zero-order valence-corrected chi connectivity index (χ0v) is 13.5. The number of hydrogen-bond donors (Lipinski definition) is 2. The van der Waals surface area contributed by atoms with Crippen molar-refractivity contribution in [1.82, 2.24) is 10.2 Å². The van der Waals surface area contributed by atoms with Crippen molar-refractivity contribution in [2.24, 2.45) is 16.2 Å². The summed E-state index contributed by atoms with van der Waals surface area (Å²) in [5.41, 5.74) is -0.754. The van der Waals surface area contributed by atoms with Gasteiger partial charge in [-0.1, -0.05) is 34.6 Å². The first-order valence-corrected chi connectivity index (χ1v) is 7.15. The van der Waals surface area contributed by atoms with Crippen LogP contribution in [0.15, 0.2) is 0 Å². The number of carbonyl (C=O) groups excluding carboxylic acids is 1. The lowest BCUT2D eigenvalue weighted by Crippen LogP contribution is -2.47. The van der Waals surface area contributed by atoms with Gasteiger partial charge in [-0.2, -0.15) is 0 Å². The third kappa shape index (κ3) is 3.44. The van der Waals surface area contributed by atoms with Crippen LogP contribution in [0.25, 0.3) is 0 Å². The van der Waals surface area contributed by atoms with Crippen molar-refractivity contribution >= 4 is 12.0 Å². The third-order valence-electron chi connectivity index (χ3n) is 4.99. The van der Waals surface area contributed by atoms with E-state index in [1.165, 1.54) is 0 Å². The van der Waals surface area contributed by atoms with Gasteiger partial charge in [-0.15, -0.1) is 0 Å². The van der Waals surface area contributed by atoms with E-state index >= 15 is 0 Å². The number of nitrogens with zero attached hydrogens (tertiary/aromatic N) is 1. The van der Waals surface area contributed by atoms with Gasteiger partial charge < -0.3 is 15.3 Å². The molecule has 0 aliphatic carbocycles. The average molecular weight is 284 g/mol. The highest BCUT2D eigenvalue weighted by Crippen LogP contribution is 2.37. The minimum absolute atomic E-state index is 0.0293. The molecule has 1 atom stereocenters. The number of carboxylic acid groups (broad SMARTS) is 1. The van der Waals surface area contributed by atoms with Gasteiger partial charge in [0.25, 0.3) is 0 Å². The molecule has 2 N–H and O–H groups in total. The summed E-state index contributed by atoms with van der Waals surface area (Å²) in [4.78, 5) is 24.9. The van der Waals surface area contributed by atoms with E-state index in [2.05, 4.69) is 39.9 Å². The normalized spacial score (nSPS) is 23.8. The van der Waals surface area contributed by atoms with E-state index < -0.39 is 11.4 Å². The van der Waals surface area contributed by atoms with Crippen LogP contribution in [0.3, 0.4) is 0 Å². The van der Waals surface area contributed by atoms with Crippen LogP contribution in [0.5, 0.6) is 0 Å². The molecule has 0 radical (unpaired) electrons. The van der Waals surface area contributed by atoms with Crippen LogP contribution >= 0.6 is 0 Å². The zero-order valence-electron chi connectivity index (χ0n) is 13.5. The molecule has 5 nitrogen and oxygen atoms in total. The summed E-state index contributed by atoms with van der Waals surface area (Å²) in [6, 6.07) is -0.160. The molecule has 1 unspecified atom stereocenters. The molecule has 1 aliphatic heterocycles. The van der Waals surface area contributed by atoms with Crippen molar-refractivity contribution < 1.29 is 14.7 Å². The first-order valence-electron chi connectivity index (χ1n) is 7.15. The van der Waals surface area contributed by atoms with Gasteiger partial charge in [0.15, 0.2) is 0 Å². The van der Waals surface area contributed by atoms with Gasteiger partial charge in [-0.05, 0) is 24.2 Å². The van der Waals surface area contributed by atoms with E-state index in [1.54, 1.807) is 11.8 Å². The van der Waals surface area contributed by atoms with Crippen LogP contribution in [0.1, 0.15) is 48.0 Å². The molecule has 5 heteroatoms. The maximum atomic E-state index is 12.2. The second-order valence-electron chi connectivity index (χ2n) is 7.83. The van der Waals surface area contributed by atoms with E-state index in [0.717, 1.165) is 0 Å². The minimum atomic E-state index is -0.831. The Labute approximate surface area is 121 Å². The summed E-state index contributed by atoms with van der Waals surface area (Å²) >= 11 is 0. The lowest BCUT2D eigenvalue weighted by molar-refractivity contribution is -0.147. The van der Waals surface area contributed by atoms with Crippen molar-refractivity contribution in [3.05, 3.63) is 0 Å². The average Bonchev–Trinajstić information content (AvgIpc) is 2.69. The first-order chi connectivity index (χ1) is 8.89. The van der Waals surface area contributed by atoms with Gasteiger partial charge in [-0.25, -0.2) is 4.79 Å². The van der Waals surface area contributed by atoms with Gasteiger partial charge in [-0.3, -0.25) is 4.79 Å². The van der Waals surface area contributed by atoms with E-state index in [1.807, 2.05) is 0 Å². The Balaban J connectivity index is 2.56. The maximum absolute atomic E-state index is 12.2. The highest BCUT2D eigenvalue weighted by molar-refractivity contribution is 5.79. The number of nitrogens with one attached hydrogen (secondary N) is 1. The largest absolute Gasteiger partial charge is 0.481 e. The number of likely N-dealkylation sites (tertiary alicyclic amines) is 1. The fourth-order valence-electron chi connectivity index (χ4n) is 1.98. The molecule has 0 aromatic rings. The zero-order chi connectivity index (χ0) is 15.8. The number of carbonyl (C=O) groups is 2. The fraction of sp³-hybridized carbons (Fsp3) is 0.867.